The molecule has 0 N–H and O–H groups in total. The number of halogens is 2. The van der Waals surface area contributed by atoms with Crippen molar-refractivity contribution >= 4 is 22.9 Å². The van der Waals surface area contributed by atoms with Crippen LogP contribution in [0.2, 0.25) is 5.15 Å². The Labute approximate surface area is 88.6 Å². The van der Waals surface area contributed by atoms with Gasteiger partial charge in [0.15, 0.2) is 10.8 Å². The summed E-state index contributed by atoms with van der Waals surface area (Å²) in [5.74, 6) is -0.439. The van der Waals surface area contributed by atoms with Crippen LogP contribution in [0.1, 0.15) is 5.01 Å². The number of pyridine rings is 1. The molecule has 0 radical (unpaired) electrons. The molecule has 0 bridgehead atoms. The SMILES string of the molecule is Cc1nnc(-c2nc(Cl)ccc2F)s1. The Morgan fingerprint density at radius 1 is 1.36 bits per heavy atom. The summed E-state index contributed by atoms with van der Waals surface area (Å²) < 4.78 is 13.3. The zero-order valence-corrected chi connectivity index (χ0v) is 8.73. The molecular formula is C8H5ClFN3S. The molecule has 2 aromatic rings. The second-order valence-corrected chi connectivity index (χ2v) is 4.16. The first-order chi connectivity index (χ1) is 6.66. The molecule has 2 aromatic heterocycles. The van der Waals surface area contributed by atoms with Crippen molar-refractivity contribution < 1.29 is 4.39 Å². The Balaban J connectivity index is 2.55. The van der Waals surface area contributed by atoms with Crippen LogP contribution in [0.3, 0.4) is 0 Å². The van der Waals surface area contributed by atoms with Gasteiger partial charge in [-0.2, -0.15) is 0 Å². The van der Waals surface area contributed by atoms with Crippen molar-refractivity contribution in [1.29, 1.82) is 0 Å². The van der Waals surface area contributed by atoms with Crippen molar-refractivity contribution in [3.8, 4) is 10.7 Å². The van der Waals surface area contributed by atoms with E-state index in [0.29, 0.717) is 5.01 Å². The Bertz CT molecular complexity index is 471. The minimum absolute atomic E-state index is 0.156. The summed E-state index contributed by atoms with van der Waals surface area (Å²) in [6, 6.07) is 2.66. The maximum absolute atomic E-state index is 13.3. The van der Waals surface area contributed by atoms with Gasteiger partial charge in [0.2, 0.25) is 0 Å². The number of nitrogens with zero attached hydrogens (tertiary/aromatic N) is 3. The number of rotatable bonds is 1. The second kappa shape index (κ2) is 3.59. The van der Waals surface area contributed by atoms with Gasteiger partial charge in [-0.25, -0.2) is 9.37 Å². The molecule has 3 nitrogen and oxygen atoms in total. The molecule has 14 heavy (non-hydrogen) atoms. The smallest absolute Gasteiger partial charge is 0.169 e. The number of aromatic nitrogens is 3. The van der Waals surface area contributed by atoms with Gasteiger partial charge in [0.05, 0.1) is 0 Å². The molecule has 0 saturated heterocycles. The van der Waals surface area contributed by atoms with Crippen LogP contribution in [0.15, 0.2) is 12.1 Å². The van der Waals surface area contributed by atoms with E-state index in [2.05, 4.69) is 15.2 Å². The zero-order valence-electron chi connectivity index (χ0n) is 7.16. The summed E-state index contributed by atoms with van der Waals surface area (Å²) in [5, 5.41) is 9.03. The molecule has 0 aliphatic heterocycles. The Morgan fingerprint density at radius 2 is 2.14 bits per heavy atom. The molecular weight excluding hydrogens is 225 g/mol. The molecule has 0 saturated carbocycles. The second-order valence-electron chi connectivity index (χ2n) is 2.59. The van der Waals surface area contributed by atoms with Gasteiger partial charge in [-0.15, -0.1) is 10.2 Å². The Kier molecular flexibility index (Phi) is 2.43. The van der Waals surface area contributed by atoms with Crippen LogP contribution < -0.4 is 0 Å². The summed E-state index contributed by atoms with van der Waals surface area (Å²) in [4.78, 5) is 3.85. The molecule has 72 valence electrons. The van der Waals surface area contributed by atoms with Crippen LogP contribution >= 0.6 is 22.9 Å². The van der Waals surface area contributed by atoms with Gasteiger partial charge in [-0.1, -0.05) is 22.9 Å². The summed E-state index contributed by atoms with van der Waals surface area (Å²) in [5.41, 5.74) is 0.156. The van der Waals surface area contributed by atoms with Crippen molar-refractivity contribution in [3.05, 3.63) is 28.1 Å². The minimum atomic E-state index is -0.439. The highest BCUT2D eigenvalue weighted by molar-refractivity contribution is 7.14. The van der Waals surface area contributed by atoms with Gasteiger partial charge in [0.1, 0.15) is 15.9 Å². The standard InChI is InChI=1S/C8H5ClFN3S/c1-4-12-13-8(14-4)7-5(10)2-3-6(9)11-7/h2-3H,1H3. The molecule has 0 fully saturated rings. The topological polar surface area (TPSA) is 38.7 Å². The molecule has 0 amide bonds. The molecule has 0 unspecified atom stereocenters. The minimum Gasteiger partial charge on any atom is -0.230 e. The number of hydrogen-bond acceptors (Lipinski definition) is 4. The third kappa shape index (κ3) is 1.73. The third-order valence-electron chi connectivity index (χ3n) is 1.54. The van der Waals surface area contributed by atoms with E-state index in [0.717, 1.165) is 5.01 Å². The lowest BCUT2D eigenvalue weighted by Crippen LogP contribution is -1.88. The molecule has 0 atom stereocenters. The monoisotopic (exact) mass is 229 g/mol. The summed E-state index contributed by atoms with van der Waals surface area (Å²) in [6.45, 7) is 1.80. The first kappa shape index (κ1) is 9.48. The van der Waals surface area contributed by atoms with Crippen LogP contribution in [0.5, 0.6) is 0 Å². The molecule has 6 heteroatoms. The molecule has 0 spiro atoms. The van der Waals surface area contributed by atoms with E-state index >= 15 is 0 Å². The molecule has 0 aliphatic carbocycles. The van der Waals surface area contributed by atoms with Gasteiger partial charge < -0.3 is 0 Å². The van der Waals surface area contributed by atoms with E-state index < -0.39 is 5.82 Å². The first-order valence-electron chi connectivity index (χ1n) is 3.79. The van der Waals surface area contributed by atoms with Crippen LogP contribution in [-0.4, -0.2) is 15.2 Å². The summed E-state index contributed by atoms with van der Waals surface area (Å²) >= 11 is 6.93. The van der Waals surface area contributed by atoms with Crippen LogP contribution in [0, 0.1) is 12.7 Å². The van der Waals surface area contributed by atoms with Gasteiger partial charge in [0.25, 0.3) is 0 Å². The lowest BCUT2D eigenvalue weighted by Gasteiger charge is -1.96. The van der Waals surface area contributed by atoms with Crippen LogP contribution in [0.25, 0.3) is 10.7 Å². The van der Waals surface area contributed by atoms with E-state index in [1.807, 2.05) is 0 Å². The fourth-order valence-electron chi connectivity index (χ4n) is 0.961. The quantitative estimate of drug-likeness (QED) is 0.706. The normalized spacial score (nSPS) is 10.5. The largest absolute Gasteiger partial charge is 0.230 e. The van der Waals surface area contributed by atoms with Gasteiger partial charge in [-0.05, 0) is 19.1 Å². The lowest BCUT2D eigenvalue weighted by molar-refractivity contribution is 0.625. The highest BCUT2D eigenvalue weighted by Crippen LogP contribution is 2.24. The van der Waals surface area contributed by atoms with E-state index in [1.54, 1.807) is 6.92 Å². The third-order valence-corrected chi connectivity index (χ3v) is 2.60. The number of aryl methyl sites for hydroxylation is 1. The maximum Gasteiger partial charge on any atom is 0.169 e. The van der Waals surface area contributed by atoms with Crippen LogP contribution in [-0.2, 0) is 0 Å². The van der Waals surface area contributed by atoms with Crippen molar-refractivity contribution in [3.63, 3.8) is 0 Å². The molecule has 2 rings (SSSR count). The maximum atomic E-state index is 13.3. The van der Waals surface area contributed by atoms with Crippen molar-refractivity contribution in [2.24, 2.45) is 0 Å². The Morgan fingerprint density at radius 3 is 2.79 bits per heavy atom. The highest BCUT2D eigenvalue weighted by Gasteiger charge is 2.11. The van der Waals surface area contributed by atoms with Crippen molar-refractivity contribution in [1.82, 2.24) is 15.2 Å². The van der Waals surface area contributed by atoms with E-state index in [4.69, 9.17) is 11.6 Å². The van der Waals surface area contributed by atoms with Gasteiger partial charge >= 0.3 is 0 Å². The van der Waals surface area contributed by atoms with E-state index in [-0.39, 0.29) is 10.8 Å². The van der Waals surface area contributed by atoms with E-state index in [9.17, 15) is 4.39 Å². The fraction of sp³-hybridized carbons (Fsp3) is 0.125. The average Bonchev–Trinajstić information content (AvgIpc) is 2.56. The molecule has 0 aliphatic rings. The predicted octanol–water partition coefficient (Wildman–Crippen LogP) is 2.70. The number of hydrogen-bond donors (Lipinski definition) is 0. The zero-order chi connectivity index (χ0) is 10.1. The molecule has 0 aromatic carbocycles. The average molecular weight is 230 g/mol. The van der Waals surface area contributed by atoms with Crippen LogP contribution in [0.4, 0.5) is 4.39 Å². The summed E-state index contributed by atoms with van der Waals surface area (Å²) in [6.07, 6.45) is 0. The predicted molar refractivity (Wildman–Crippen MR) is 52.8 cm³/mol. The highest BCUT2D eigenvalue weighted by atomic mass is 35.5. The molecule has 2 heterocycles. The summed E-state index contributed by atoms with van der Waals surface area (Å²) in [7, 11) is 0. The first-order valence-corrected chi connectivity index (χ1v) is 4.99. The Hall–Kier alpha value is -1.07. The van der Waals surface area contributed by atoms with Gasteiger partial charge in [0, 0.05) is 0 Å². The van der Waals surface area contributed by atoms with Gasteiger partial charge in [-0.3, -0.25) is 0 Å². The van der Waals surface area contributed by atoms with Crippen molar-refractivity contribution in [2.75, 3.05) is 0 Å². The van der Waals surface area contributed by atoms with E-state index in [1.165, 1.54) is 23.5 Å². The van der Waals surface area contributed by atoms with Crippen molar-refractivity contribution in [2.45, 2.75) is 6.92 Å². The lowest BCUT2D eigenvalue weighted by atomic mass is 10.3. The fourth-order valence-corrected chi connectivity index (χ4v) is 1.79.